The molecule has 1 heterocycles. The van der Waals surface area contributed by atoms with Crippen LogP contribution in [0.4, 0.5) is 4.79 Å². The summed E-state index contributed by atoms with van der Waals surface area (Å²) in [6, 6.07) is -0.322. The maximum atomic E-state index is 12.0. The standard InChI is InChI=1S/C12H20N2O2/c1-8(2)7-12(9-5-3-4-6-9)10(15)13-11(16)14-12/h8-9H,3-7H2,1-2H3,(H2,13,14,15,16)/t12-/m1/s1. The lowest BCUT2D eigenvalue weighted by atomic mass is 9.77. The van der Waals surface area contributed by atoms with Gasteiger partial charge in [0.15, 0.2) is 0 Å². The SMILES string of the molecule is CC(C)C[C@]1(C2CCCC2)NC(=O)NC1=O. The number of rotatable bonds is 3. The van der Waals surface area contributed by atoms with Crippen molar-refractivity contribution in [3.05, 3.63) is 0 Å². The highest BCUT2D eigenvalue weighted by atomic mass is 16.2. The molecule has 0 radical (unpaired) electrons. The zero-order valence-electron chi connectivity index (χ0n) is 10.0. The van der Waals surface area contributed by atoms with E-state index in [2.05, 4.69) is 24.5 Å². The molecule has 1 aliphatic heterocycles. The summed E-state index contributed by atoms with van der Waals surface area (Å²) in [5.41, 5.74) is -0.623. The van der Waals surface area contributed by atoms with Gasteiger partial charge in [0.05, 0.1) is 0 Å². The molecule has 1 atom stereocenters. The number of carbonyl (C=O) groups is 2. The maximum absolute atomic E-state index is 12.0. The summed E-state index contributed by atoms with van der Waals surface area (Å²) in [7, 11) is 0. The van der Waals surface area contributed by atoms with Gasteiger partial charge >= 0.3 is 6.03 Å². The molecule has 0 aromatic carbocycles. The highest BCUT2D eigenvalue weighted by Gasteiger charge is 2.52. The number of urea groups is 1. The second-order valence-corrected chi connectivity index (χ2v) is 5.46. The summed E-state index contributed by atoms with van der Waals surface area (Å²) >= 11 is 0. The molecule has 1 saturated carbocycles. The minimum atomic E-state index is -0.623. The molecule has 0 unspecified atom stereocenters. The van der Waals surface area contributed by atoms with Gasteiger partial charge in [-0.05, 0) is 31.1 Å². The summed E-state index contributed by atoms with van der Waals surface area (Å²) in [4.78, 5) is 23.4. The summed E-state index contributed by atoms with van der Waals surface area (Å²) in [5, 5.41) is 5.29. The van der Waals surface area contributed by atoms with Crippen molar-refractivity contribution in [1.29, 1.82) is 0 Å². The van der Waals surface area contributed by atoms with Gasteiger partial charge in [0.2, 0.25) is 0 Å². The molecule has 0 bridgehead atoms. The predicted octanol–water partition coefficient (Wildman–Crippen LogP) is 1.80. The van der Waals surface area contributed by atoms with Crippen molar-refractivity contribution in [2.75, 3.05) is 0 Å². The predicted molar refractivity (Wildman–Crippen MR) is 60.8 cm³/mol. The van der Waals surface area contributed by atoms with E-state index in [4.69, 9.17) is 0 Å². The van der Waals surface area contributed by atoms with Crippen molar-refractivity contribution in [3.63, 3.8) is 0 Å². The molecule has 4 heteroatoms. The Morgan fingerprint density at radius 1 is 1.31 bits per heavy atom. The molecule has 1 aliphatic carbocycles. The summed E-state index contributed by atoms with van der Waals surface area (Å²) in [5.74, 6) is 0.615. The number of hydrogen-bond donors (Lipinski definition) is 2. The van der Waals surface area contributed by atoms with Crippen LogP contribution in [0.5, 0.6) is 0 Å². The number of hydrogen-bond acceptors (Lipinski definition) is 2. The summed E-state index contributed by atoms with van der Waals surface area (Å²) in [6.07, 6.45) is 5.21. The third kappa shape index (κ3) is 1.81. The molecule has 3 amide bonds. The van der Waals surface area contributed by atoms with Crippen molar-refractivity contribution in [2.24, 2.45) is 11.8 Å². The Bertz CT molecular complexity index is 308. The molecule has 0 spiro atoms. The quantitative estimate of drug-likeness (QED) is 0.718. The number of carbonyl (C=O) groups excluding carboxylic acids is 2. The van der Waals surface area contributed by atoms with E-state index in [1.807, 2.05) is 0 Å². The van der Waals surface area contributed by atoms with Crippen LogP contribution < -0.4 is 10.6 Å². The van der Waals surface area contributed by atoms with Gasteiger partial charge in [-0.2, -0.15) is 0 Å². The van der Waals surface area contributed by atoms with Crippen LogP contribution in [-0.2, 0) is 4.79 Å². The van der Waals surface area contributed by atoms with Crippen LogP contribution in [0.1, 0.15) is 46.0 Å². The van der Waals surface area contributed by atoms with Crippen LogP contribution in [0.3, 0.4) is 0 Å². The molecular weight excluding hydrogens is 204 g/mol. The summed E-state index contributed by atoms with van der Waals surface area (Å²) in [6.45, 7) is 4.18. The van der Waals surface area contributed by atoms with E-state index in [9.17, 15) is 9.59 Å². The van der Waals surface area contributed by atoms with Gasteiger partial charge in [-0.3, -0.25) is 10.1 Å². The highest BCUT2D eigenvalue weighted by Crippen LogP contribution is 2.39. The van der Waals surface area contributed by atoms with Gasteiger partial charge < -0.3 is 5.32 Å². The molecule has 2 aliphatic rings. The average Bonchev–Trinajstić information content (AvgIpc) is 2.74. The summed E-state index contributed by atoms with van der Waals surface area (Å²) < 4.78 is 0. The molecule has 0 aromatic rings. The Kier molecular flexibility index (Phi) is 2.91. The zero-order chi connectivity index (χ0) is 11.8. The van der Waals surface area contributed by atoms with Crippen molar-refractivity contribution in [1.82, 2.24) is 10.6 Å². The molecule has 1 saturated heterocycles. The molecule has 2 N–H and O–H groups in total. The van der Waals surface area contributed by atoms with Gasteiger partial charge in [-0.1, -0.05) is 26.7 Å². The molecule has 4 nitrogen and oxygen atoms in total. The van der Waals surface area contributed by atoms with Crippen molar-refractivity contribution >= 4 is 11.9 Å². The molecule has 2 rings (SSSR count). The molecule has 16 heavy (non-hydrogen) atoms. The normalized spacial score (nSPS) is 30.9. The molecule has 0 aromatic heterocycles. The van der Waals surface area contributed by atoms with Crippen LogP contribution >= 0.6 is 0 Å². The van der Waals surface area contributed by atoms with Crippen LogP contribution in [0, 0.1) is 11.8 Å². The van der Waals surface area contributed by atoms with Crippen LogP contribution in [0.25, 0.3) is 0 Å². The molecule has 90 valence electrons. The van der Waals surface area contributed by atoms with E-state index in [0.29, 0.717) is 11.8 Å². The third-order valence-corrected chi connectivity index (χ3v) is 3.75. The first kappa shape index (κ1) is 11.4. The second kappa shape index (κ2) is 4.07. The lowest BCUT2D eigenvalue weighted by Crippen LogP contribution is -2.53. The first-order valence-electron chi connectivity index (χ1n) is 6.18. The van der Waals surface area contributed by atoms with Gasteiger partial charge in [0, 0.05) is 0 Å². The zero-order valence-corrected chi connectivity index (χ0v) is 10.0. The first-order valence-corrected chi connectivity index (χ1v) is 6.18. The van der Waals surface area contributed by atoms with Crippen LogP contribution in [0.2, 0.25) is 0 Å². The minimum Gasteiger partial charge on any atom is -0.323 e. The lowest BCUT2D eigenvalue weighted by molar-refractivity contribution is -0.126. The van der Waals surface area contributed by atoms with Crippen LogP contribution in [-0.4, -0.2) is 17.5 Å². The van der Waals surface area contributed by atoms with E-state index in [1.165, 1.54) is 12.8 Å². The fourth-order valence-electron chi connectivity index (χ4n) is 3.17. The Balaban J connectivity index is 2.24. The van der Waals surface area contributed by atoms with Gasteiger partial charge in [-0.25, -0.2) is 4.79 Å². The highest BCUT2D eigenvalue weighted by molar-refractivity contribution is 6.07. The number of amides is 3. The Labute approximate surface area is 96.2 Å². The topological polar surface area (TPSA) is 58.2 Å². The second-order valence-electron chi connectivity index (χ2n) is 5.46. The molecule has 2 fully saturated rings. The largest absolute Gasteiger partial charge is 0.323 e. The van der Waals surface area contributed by atoms with E-state index in [1.54, 1.807) is 0 Å². The van der Waals surface area contributed by atoms with Gasteiger partial charge in [0.1, 0.15) is 5.54 Å². The van der Waals surface area contributed by atoms with Gasteiger partial charge in [0.25, 0.3) is 5.91 Å². The first-order chi connectivity index (χ1) is 7.54. The fourth-order valence-corrected chi connectivity index (χ4v) is 3.17. The average molecular weight is 224 g/mol. The minimum absolute atomic E-state index is 0.113. The third-order valence-electron chi connectivity index (χ3n) is 3.75. The monoisotopic (exact) mass is 224 g/mol. The number of nitrogens with one attached hydrogen (secondary N) is 2. The van der Waals surface area contributed by atoms with Crippen LogP contribution in [0.15, 0.2) is 0 Å². The smallest absolute Gasteiger partial charge is 0.322 e. The van der Waals surface area contributed by atoms with E-state index in [0.717, 1.165) is 19.3 Å². The van der Waals surface area contributed by atoms with E-state index < -0.39 is 5.54 Å². The van der Waals surface area contributed by atoms with Crippen molar-refractivity contribution < 1.29 is 9.59 Å². The van der Waals surface area contributed by atoms with E-state index >= 15 is 0 Å². The Hall–Kier alpha value is -1.06. The number of imide groups is 1. The van der Waals surface area contributed by atoms with Crippen molar-refractivity contribution in [2.45, 2.75) is 51.5 Å². The van der Waals surface area contributed by atoms with Crippen molar-refractivity contribution in [3.8, 4) is 0 Å². The lowest BCUT2D eigenvalue weighted by Gasteiger charge is -2.33. The maximum Gasteiger partial charge on any atom is 0.322 e. The molecular formula is C12H20N2O2. The fraction of sp³-hybridized carbons (Fsp3) is 0.833. The Morgan fingerprint density at radius 3 is 2.38 bits per heavy atom. The van der Waals surface area contributed by atoms with Gasteiger partial charge in [-0.15, -0.1) is 0 Å². The Morgan fingerprint density at radius 2 is 1.94 bits per heavy atom. The van der Waals surface area contributed by atoms with E-state index in [-0.39, 0.29) is 11.9 Å².